The van der Waals surface area contributed by atoms with Crippen LogP contribution in [0.5, 0.6) is 0 Å². The molecule has 0 atom stereocenters. The number of rotatable bonds is 3. The van der Waals surface area contributed by atoms with E-state index in [2.05, 4.69) is 22.7 Å². The molecule has 2 rings (SSSR count). The van der Waals surface area contributed by atoms with Crippen molar-refractivity contribution in [3.05, 3.63) is 24.0 Å². The van der Waals surface area contributed by atoms with Crippen molar-refractivity contribution in [1.29, 1.82) is 0 Å². The number of nitrogens with two attached hydrogens (primary N) is 1. The minimum Gasteiger partial charge on any atom is -0.346 e. The summed E-state index contributed by atoms with van der Waals surface area (Å²) in [4.78, 5) is 16.1. The highest BCUT2D eigenvalue weighted by atomic mass is 16.2. The van der Waals surface area contributed by atoms with Gasteiger partial charge in [0, 0.05) is 11.7 Å². The van der Waals surface area contributed by atoms with Gasteiger partial charge in [-0.2, -0.15) is 0 Å². The van der Waals surface area contributed by atoms with E-state index in [9.17, 15) is 4.79 Å². The summed E-state index contributed by atoms with van der Waals surface area (Å²) in [6.07, 6.45) is 5.99. The maximum absolute atomic E-state index is 12.0. The molecule has 0 spiro atoms. The van der Waals surface area contributed by atoms with Gasteiger partial charge in [0.1, 0.15) is 5.69 Å². The molecule has 5 heteroatoms. The summed E-state index contributed by atoms with van der Waals surface area (Å²) in [6.45, 7) is 2.09. The van der Waals surface area contributed by atoms with E-state index in [0.29, 0.717) is 11.4 Å². The van der Waals surface area contributed by atoms with Crippen LogP contribution in [0.2, 0.25) is 0 Å². The molecule has 4 N–H and O–H groups in total. The molecule has 1 aliphatic rings. The van der Waals surface area contributed by atoms with E-state index in [1.807, 2.05) is 0 Å². The summed E-state index contributed by atoms with van der Waals surface area (Å²) in [7, 11) is 0. The molecule has 1 amide bonds. The first-order valence-corrected chi connectivity index (χ1v) is 5.88. The van der Waals surface area contributed by atoms with E-state index < -0.39 is 0 Å². The molecule has 1 aromatic heterocycles. The predicted octanol–water partition coefficient (Wildman–Crippen LogP) is 1.43. The molecule has 92 valence electrons. The van der Waals surface area contributed by atoms with E-state index in [1.165, 1.54) is 12.8 Å². The van der Waals surface area contributed by atoms with Crippen molar-refractivity contribution in [3.63, 3.8) is 0 Å². The first-order valence-electron chi connectivity index (χ1n) is 5.88. The Labute approximate surface area is 101 Å². The predicted molar refractivity (Wildman–Crippen MR) is 66.4 cm³/mol. The third-order valence-electron chi connectivity index (χ3n) is 3.28. The van der Waals surface area contributed by atoms with E-state index in [1.54, 1.807) is 18.3 Å². The average Bonchev–Trinajstić information content (AvgIpc) is 2.76. The van der Waals surface area contributed by atoms with Crippen molar-refractivity contribution in [3.8, 4) is 0 Å². The standard InChI is InChI=1S/C12H18N4O/c1-12(5-2-3-6-12)15-11(17)10-8-9(16-13)4-7-14-10/h4,7-8H,2-3,5-6,13H2,1H3,(H,14,16)(H,15,17). The fourth-order valence-electron chi connectivity index (χ4n) is 2.26. The third kappa shape index (κ3) is 2.74. The Hall–Kier alpha value is -1.62. The summed E-state index contributed by atoms with van der Waals surface area (Å²) >= 11 is 0. The number of pyridine rings is 1. The Balaban J connectivity index is 2.08. The number of hydrazine groups is 1. The van der Waals surface area contributed by atoms with E-state index >= 15 is 0 Å². The van der Waals surface area contributed by atoms with Gasteiger partial charge in [0.05, 0.1) is 5.69 Å². The van der Waals surface area contributed by atoms with Crippen molar-refractivity contribution in [2.45, 2.75) is 38.1 Å². The van der Waals surface area contributed by atoms with Crippen LogP contribution in [-0.4, -0.2) is 16.4 Å². The summed E-state index contributed by atoms with van der Waals surface area (Å²) in [5, 5.41) is 3.05. The molecule has 0 unspecified atom stereocenters. The number of nitrogens with one attached hydrogen (secondary N) is 2. The van der Waals surface area contributed by atoms with E-state index in [4.69, 9.17) is 5.84 Å². The van der Waals surface area contributed by atoms with Crippen LogP contribution in [0.25, 0.3) is 0 Å². The lowest BCUT2D eigenvalue weighted by Gasteiger charge is -2.25. The highest BCUT2D eigenvalue weighted by Crippen LogP contribution is 2.29. The Morgan fingerprint density at radius 2 is 2.18 bits per heavy atom. The number of hydrogen-bond acceptors (Lipinski definition) is 4. The highest BCUT2D eigenvalue weighted by Gasteiger charge is 2.30. The summed E-state index contributed by atoms with van der Waals surface area (Å²) in [5.74, 6) is 5.17. The monoisotopic (exact) mass is 234 g/mol. The molecule has 17 heavy (non-hydrogen) atoms. The number of aromatic nitrogens is 1. The van der Waals surface area contributed by atoms with E-state index in [0.717, 1.165) is 12.8 Å². The zero-order valence-electron chi connectivity index (χ0n) is 9.99. The molecule has 1 aliphatic carbocycles. The van der Waals surface area contributed by atoms with Crippen molar-refractivity contribution >= 4 is 11.6 Å². The lowest BCUT2D eigenvalue weighted by Crippen LogP contribution is -2.43. The smallest absolute Gasteiger partial charge is 0.270 e. The molecule has 1 aromatic rings. The van der Waals surface area contributed by atoms with Gasteiger partial charge in [0.2, 0.25) is 0 Å². The first-order chi connectivity index (χ1) is 8.13. The maximum atomic E-state index is 12.0. The van der Waals surface area contributed by atoms with Gasteiger partial charge in [-0.05, 0) is 31.9 Å². The maximum Gasteiger partial charge on any atom is 0.270 e. The zero-order valence-corrected chi connectivity index (χ0v) is 9.99. The highest BCUT2D eigenvalue weighted by molar-refractivity contribution is 5.93. The van der Waals surface area contributed by atoms with Crippen LogP contribution in [0.3, 0.4) is 0 Å². The van der Waals surface area contributed by atoms with E-state index in [-0.39, 0.29) is 11.4 Å². The Morgan fingerprint density at radius 3 is 2.82 bits per heavy atom. The molecule has 1 saturated carbocycles. The SMILES string of the molecule is CC1(NC(=O)c2cc(NN)ccn2)CCCC1. The molecular weight excluding hydrogens is 216 g/mol. The molecule has 0 aliphatic heterocycles. The second-order valence-corrected chi connectivity index (χ2v) is 4.80. The van der Waals surface area contributed by atoms with Gasteiger partial charge in [-0.3, -0.25) is 15.6 Å². The fourth-order valence-corrected chi connectivity index (χ4v) is 2.26. The van der Waals surface area contributed by atoms with Crippen LogP contribution in [0.4, 0.5) is 5.69 Å². The minimum atomic E-state index is -0.133. The first kappa shape index (κ1) is 11.9. The average molecular weight is 234 g/mol. The lowest BCUT2D eigenvalue weighted by atomic mass is 10.0. The van der Waals surface area contributed by atoms with Crippen LogP contribution < -0.4 is 16.6 Å². The Kier molecular flexibility index (Phi) is 3.28. The van der Waals surface area contributed by atoms with Gasteiger partial charge in [0.15, 0.2) is 0 Å². The Bertz CT molecular complexity index is 413. The topological polar surface area (TPSA) is 80.0 Å². The van der Waals surface area contributed by atoms with Gasteiger partial charge in [-0.15, -0.1) is 0 Å². The number of anilines is 1. The van der Waals surface area contributed by atoms with Gasteiger partial charge >= 0.3 is 0 Å². The second kappa shape index (κ2) is 4.71. The van der Waals surface area contributed by atoms with Crippen LogP contribution in [0.15, 0.2) is 18.3 Å². The number of nitrogen functional groups attached to an aromatic ring is 1. The summed E-state index contributed by atoms with van der Waals surface area (Å²) < 4.78 is 0. The lowest BCUT2D eigenvalue weighted by molar-refractivity contribution is 0.0903. The molecule has 1 fully saturated rings. The number of carbonyl (C=O) groups is 1. The van der Waals surface area contributed by atoms with Crippen molar-refractivity contribution in [1.82, 2.24) is 10.3 Å². The van der Waals surface area contributed by atoms with Gasteiger partial charge in [-0.1, -0.05) is 12.8 Å². The van der Waals surface area contributed by atoms with Crippen LogP contribution in [-0.2, 0) is 0 Å². The van der Waals surface area contributed by atoms with Crippen LogP contribution in [0, 0.1) is 0 Å². The molecular formula is C12H18N4O. The van der Waals surface area contributed by atoms with Gasteiger partial charge < -0.3 is 10.7 Å². The second-order valence-electron chi connectivity index (χ2n) is 4.80. The minimum absolute atomic E-state index is 0.0785. The Morgan fingerprint density at radius 1 is 1.47 bits per heavy atom. The largest absolute Gasteiger partial charge is 0.346 e. The molecule has 0 aromatic carbocycles. The number of hydrogen-bond donors (Lipinski definition) is 3. The van der Waals surface area contributed by atoms with Crippen molar-refractivity contribution < 1.29 is 4.79 Å². The molecule has 5 nitrogen and oxygen atoms in total. The van der Waals surface area contributed by atoms with Crippen LogP contribution in [0.1, 0.15) is 43.1 Å². The summed E-state index contributed by atoms with van der Waals surface area (Å²) in [6, 6.07) is 3.36. The fraction of sp³-hybridized carbons (Fsp3) is 0.500. The van der Waals surface area contributed by atoms with Gasteiger partial charge in [-0.25, -0.2) is 0 Å². The summed E-state index contributed by atoms with van der Waals surface area (Å²) in [5.41, 5.74) is 3.51. The normalized spacial score (nSPS) is 17.8. The van der Waals surface area contributed by atoms with Gasteiger partial charge in [0.25, 0.3) is 5.91 Å². The quantitative estimate of drug-likeness (QED) is 0.546. The number of amides is 1. The zero-order chi connectivity index (χ0) is 12.3. The van der Waals surface area contributed by atoms with Crippen molar-refractivity contribution in [2.24, 2.45) is 5.84 Å². The third-order valence-corrected chi connectivity index (χ3v) is 3.28. The molecule has 0 saturated heterocycles. The molecule has 1 heterocycles. The van der Waals surface area contributed by atoms with Crippen LogP contribution >= 0.6 is 0 Å². The molecule has 0 bridgehead atoms. The molecule has 0 radical (unpaired) electrons. The van der Waals surface area contributed by atoms with Crippen molar-refractivity contribution in [2.75, 3.05) is 5.43 Å². The number of nitrogens with zero attached hydrogens (tertiary/aromatic N) is 1. The number of carbonyl (C=O) groups excluding carboxylic acids is 1.